The van der Waals surface area contributed by atoms with E-state index in [4.69, 9.17) is 5.11 Å². The number of carboxylic acid groups (broad SMARTS) is 1. The molecule has 0 spiro atoms. The third-order valence-corrected chi connectivity index (χ3v) is 3.75. The van der Waals surface area contributed by atoms with Crippen LogP contribution in [0, 0.1) is 5.41 Å². The van der Waals surface area contributed by atoms with Crippen LogP contribution in [0.2, 0.25) is 0 Å². The van der Waals surface area contributed by atoms with Gasteiger partial charge in [-0.15, -0.1) is 0 Å². The van der Waals surface area contributed by atoms with Gasteiger partial charge in [0, 0.05) is 12.1 Å². The minimum atomic E-state index is -0.794. The Morgan fingerprint density at radius 2 is 1.85 bits per heavy atom. The predicted octanol–water partition coefficient (Wildman–Crippen LogP) is 2.57. The second-order valence-electron chi connectivity index (χ2n) is 4.98. The minimum absolute atomic E-state index is 0.0731. The first kappa shape index (κ1) is 10.4. The number of hydrogen-bond acceptors (Lipinski definition) is 1. The molecule has 0 atom stereocenters. The molecule has 1 saturated heterocycles. The monoisotopic (exact) mass is 185 g/mol. The van der Waals surface area contributed by atoms with Crippen molar-refractivity contribution in [3.8, 4) is 0 Å². The van der Waals surface area contributed by atoms with Crippen molar-refractivity contribution in [2.75, 3.05) is 6.54 Å². The Morgan fingerprint density at radius 3 is 2.23 bits per heavy atom. The van der Waals surface area contributed by atoms with Crippen LogP contribution in [0.4, 0.5) is 4.79 Å². The number of piperidine rings is 1. The van der Waals surface area contributed by atoms with Crippen LogP contribution in [0.25, 0.3) is 0 Å². The van der Waals surface area contributed by atoms with E-state index in [1.165, 1.54) is 0 Å². The van der Waals surface area contributed by atoms with Crippen molar-refractivity contribution in [3.63, 3.8) is 0 Å². The highest BCUT2D eigenvalue weighted by molar-refractivity contribution is 5.66. The van der Waals surface area contributed by atoms with Gasteiger partial charge in [0.15, 0.2) is 0 Å². The Morgan fingerprint density at radius 1 is 1.31 bits per heavy atom. The molecule has 0 aromatic heterocycles. The smallest absolute Gasteiger partial charge is 0.407 e. The highest BCUT2D eigenvalue weighted by Crippen LogP contribution is 2.43. The second kappa shape index (κ2) is 2.89. The maximum absolute atomic E-state index is 11.0. The molecule has 76 valence electrons. The quantitative estimate of drug-likeness (QED) is 0.630. The number of rotatable bonds is 0. The van der Waals surface area contributed by atoms with E-state index in [1.54, 1.807) is 4.90 Å². The van der Waals surface area contributed by atoms with Gasteiger partial charge in [-0.25, -0.2) is 4.79 Å². The zero-order chi connectivity index (χ0) is 10.3. The number of hydrogen-bond donors (Lipinski definition) is 1. The first-order chi connectivity index (χ1) is 5.79. The van der Waals surface area contributed by atoms with Crippen molar-refractivity contribution in [2.45, 2.75) is 46.1 Å². The lowest BCUT2D eigenvalue weighted by Gasteiger charge is -2.52. The van der Waals surface area contributed by atoms with Gasteiger partial charge in [0.05, 0.1) is 0 Å². The molecule has 1 aliphatic heterocycles. The molecule has 0 aromatic carbocycles. The standard InChI is InChI=1S/C10H19NO2/c1-9(2)6-5-7-11(8(12)13)10(9,3)4/h5-7H2,1-4H3,(H,12,13). The van der Waals surface area contributed by atoms with Gasteiger partial charge in [-0.1, -0.05) is 13.8 Å². The fourth-order valence-electron chi connectivity index (χ4n) is 1.96. The normalized spacial score (nSPS) is 25.7. The number of carbonyl (C=O) groups is 1. The van der Waals surface area contributed by atoms with Gasteiger partial charge in [0.2, 0.25) is 0 Å². The molecule has 0 saturated carbocycles. The third-order valence-electron chi connectivity index (χ3n) is 3.75. The number of nitrogens with zero attached hydrogens (tertiary/aromatic N) is 1. The fourth-order valence-corrected chi connectivity index (χ4v) is 1.96. The van der Waals surface area contributed by atoms with E-state index in [1.807, 2.05) is 13.8 Å². The molecule has 0 aromatic rings. The van der Waals surface area contributed by atoms with Crippen LogP contribution in [0.3, 0.4) is 0 Å². The minimum Gasteiger partial charge on any atom is -0.465 e. The summed E-state index contributed by atoms with van der Waals surface area (Å²) in [5, 5.41) is 9.03. The molecule has 13 heavy (non-hydrogen) atoms. The van der Waals surface area contributed by atoms with Crippen LogP contribution in [-0.2, 0) is 0 Å². The maximum atomic E-state index is 11.0. The van der Waals surface area contributed by atoms with E-state index < -0.39 is 6.09 Å². The topological polar surface area (TPSA) is 40.5 Å². The van der Waals surface area contributed by atoms with Gasteiger partial charge in [0.1, 0.15) is 0 Å². The van der Waals surface area contributed by atoms with E-state index in [0.717, 1.165) is 12.8 Å². The highest BCUT2D eigenvalue weighted by atomic mass is 16.4. The maximum Gasteiger partial charge on any atom is 0.407 e. The average Bonchev–Trinajstić information content (AvgIpc) is 1.94. The SMILES string of the molecule is CC1(C)CCCN(C(=O)O)C1(C)C. The van der Waals surface area contributed by atoms with Gasteiger partial charge < -0.3 is 10.0 Å². The molecular formula is C10H19NO2. The molecule has 3 heteroatoms. The molecule has 1 aliphatic rings. The summed E-state index contributed by atoms with van der Waals surface area (Å²) in [6.07, 6.45) is 1.28. The summed E-state index contributed by atoms with van der Waals surface area (Å²) in [6, 6.07) is 0. The van der Waals surface area contributed by atoms with Crippen LogP contribution in [-0.4, -0.2) is 28.2 Å². The second-order valence-corrected chi connectivity index (χ2v) is 4.98. The van der Waals surface area contributed by atoms with Gasteiger partial charge in [-0.3, -0.25) is 0 Å². The van der Waals surface area contributed by atoms with Crippen molar-refractivity contribution in [3.05, 3.63) is 0 Å². The predicted molar refractivity (Wildman–Crippen MR) is 51.8 cm³/mol. The lowest BCUT2D eigenvalue weighted by atomic mass is 9.68. The average molecular weight is 185 g/mol. The Hall–Kier alpha value is -0.730. The summed E-state index contributed by atoms with van der Waals surface area (Å²) in [5.41, 5.74) is -0.180. The van der Waals surface area contributed by atoms with Crippen molar-refractivity contribution < 1.29 is 9.90 Å². The molecule has 1 rings (SSSR count). The van der Waals surface area contributed by atoms with Gasteiger partial charge in [-0.2, -0.15) is 0 Å². The van der Waals surface area contributed by atoms with Crippen molar-refractivity contribution in [1.29, 1.82) is 0 Å². The Bertz CT molecular complexity index is 221. The highest BCUT2D eigenvalue weighted by Gasteiger charge is 2.46. The van der Waals surface area contributed by atoms with Crippen molar-refractivity contribution >= 4 is 6.09 Å². The lowest BCUT2D eigenvalue weighted by molar-refractivity contribution is -0.0173. The molecule has 0 radical (unpaired) electrons. The number of likely N-dealkylation sites (tertiary alicyclic amines) is 1. The summed E-state index contributed by atoms with van der Waals surface area (Å²) in [6.45, 7) is 8.98. The molecule has 0 aliphatic carbocycles. The van der Waals surface area contributed by atoms with Gasteiger partial charge in [-0.05, 0) is 32.1 Å². The summed E-state index contributed by atoms with van der Waals surface area (Å²) >= 11 is 0. The van der Waals surface area contributed by atoms with E-state index >= 15 is 0 Å². The molecule has 1 N–H and O–H groups in total. The molecule has 0 bridgehead atoms. The van der Waals surface area contributed by atoms with Gasteiger partial charge >= 0.3 is 6.09 Å². The molecule has 1 heterocycles. The largest absolute Gasteiger partial charge is 0.465 e. The van der Waals surface area contributed by atoms with Crippen LogP contribution < -0.4 is 0 Å². The zero-order valence-electron chi connectivity index (χ0n) is 8.92. The van der Waals surface area contributed by atoms with Crippen LogP contribution >= 0.6 is 0 Å². The number of amides is 1. The summed E-state index contributed by atoms with van der Waals surface area (Å²) in [7, 11) is 0. The first-order valence-electron chi connectivity index (χ1n) is 4.79. The third kappa shape index (κ3) is 1.52. The Kier molecular flexibility index (Phi) is 2.30. The Balaban J connectivity index is 2.94. The molecule has 1 fully saturated rings. The van der Waals surface area contributed by atoms with E-state index in [9.17, 15) is 4.79 Å². The summed E-state index contributed by atoms with van der Waals surface area (Å²) in [5.74, 6) is 0. The molecule has 1 amide bonds. The van der Waals surface area contributed by atoms with E-state index in [0.29, 0.717) is 6.54 Å². The van der Waals surface area contributed by atoms with Gasteiger partial charge in [0.25, 0.3) is 0 Å². The van der Waals surface area contributed by atoms with Crippen LogP contribution in [0.1, 0.15) is 40.5 Å². The fraction of sp³-hybridized carbons (Fsp3) is 0.900. The van der Waals surface area contributed by atoms with Crippen molar-refractivity contribution in [2.24, 2.45) is 5.41 Å². The molecule has 0 unspecified atom stereocenters. The summed E-state index contributed by atoms with van der Waals surface area (Å²) < 4.78 is 0. The van der Waals surface area contributed by atoms with E-state index in [2.05, 4.69) is 13.8 Å². The van der Waals surface area contributed by atoms with Crippen LogP contribution in [0.5, 0.6) is 0 Å². The first-order valence-corrected chi connectivity index (χ1v) is 4.79. The lowest BCUT2D eigenvalue weighted by Crippen LogP contribution is -2.59. The van der Waals surface area contributed by atoms with E-state index in [-0.39, 0.29) is 11.0 Å². The molecular weight excluding hydrogens is 166 g/mol. The molecule has 3 nitrogen and oxygen atoms in total. The Labute approximate surface area is 79.7 Å². The van der Waals surface area contributed by atoms with Crippen molar-refractivity contribution in [1.82, 2.24) is 4.90 Å². The summed E-state index contributed by atoms with van der Waals surface area (Å²) in [4.78, 5) is 12.5. The van der Waals surface area contributed by atoms with Crippen LogP contribution in [0.15, 0.2) is 0 Å². The zero-order valence-corrected chi connectivity index (χ0v) is 8.92.